The number of aromatic nitrogens is 1. The first-order valence-electron chi connectivity index (χ1n) is 6.01. The lowest BCUT2D eigenvalue weighted by molar-refractivity contribution is 0.0701. The van der Waals surface area contributed by atoms with Crippen molar-refractivity contribution in [2.24, 2.45) is 11.8 Å². The molecule has 0 aromatic carbocycles. The van der Waals surface area contributed by atoms with Gasteiger partial charge in [0.1, 0.15) is 4.88 Å². The lowest BCUT2D eigenvalue weighted by atomic mass is 10.1. The predicted molar refractivity (Wildman–Crippen MR) is 68.8 cm³/mol. The number of nitrogens with zero attached hydrogens (tertiary/aromatic N) is 1. The van der Waals surface area contributed by atoms with Crippen LogP contribution >= 0.6 is 11.3 Å². The van der Waals surface area contributed by atoms with Crippen LogP contribution in [0, 0.1) is 18.8 Å². The highest BCUT2D eigenvalue weighted by Crippen LogP contribution is 2.31. The number of nitrogens with one attached hydrogen (secondary N) is 1. The molecule has 0 bridgehead atoms. The van der Waals surface area contributed by atoms with Gasteiger partial charge >= 0.3 is 5.97 Å². The van der Waals surface area contributed by atoms with Gasteiger partial charge in [-0.15, -0.1) is 0 Å². The summed E-state index contributed by atoms with van der Waals surface area (Å²) in [7, 11) is 0. The van der Waals surface area contributed by atoms with E-state index in [1.807, 2.05) is 0 Å². The van der Waals surface area contributed by atoms with Crippen molar-refractivity contribution in [2.75, 3.05) is 11.9 Å². The number of carboxylic acid groups (broad SMARTS) is 1. The second-order valence-corrected chi connectivity index (χ2v) is 5.90. The molecule has 2 N–H and O–H groups in total. The molecule has 0 radical (unpaired) electrons. The van der Waals surface area contributed by atoms with Crippen LogP contribution in [-0.2, 0) is 0 Å². The van der Waals surface area contributed by atoms with Crippen LogP contribution in [0.5, 0.6) is 0 Å². The zero-order chi connectivity index (χ0) is 12.4. The van der Waals surface area contributed by atoms with Gasteiger partial charge in [-0.2, -0.15) is 0 Å². The molecule has 0 aliphatic heterocycles. The molecule has 5 heteroatoms. The normalized spacial score (nSPS) is 23.9. The molecule has 0 saturated heterocycles. The van der Waals surface area contributed by atoms with Gasteiger partial charge in [0.05, 0.1) is 5.69 Å². The average molecular weight is 254 g/mol. The van der Waals surface area contributed by atoms with Gasteiger partial charge in [-0.3, -0.25) is 0 Å². The van der Waals surface area contributed by atoms with Crippen molar-refractivity contribution in [3.05, 3.63) is 10.6 Å². The first kappa shape index (κ1) is 12.4. The fraction of sp³-hybridized carbons (Fsp3) is 0.667. The van der Waals surface area contributed by atoms with Crippen LogP contribution in [0.3, 0.4) is 0 Å². The van der Waals surface area contributed by atoms with Crippen molar-refractivity contribution in [3.8, 4) is 0 Å². The number of hydrogen-bond acceptors (Lipinski definition) is 4. The Morgan fingerprint density at radius 3 is 2.88 bits per heavy atom. The summed E-state index contributed by atoms with van der Waals surface area (Å²) in [6, 6.07) is 0. The SMILES string of the molecule is Cc1nc(NCC2CCC(C)C2)sc1C(=O)O. The molecule has 1 aromatic rings. The Bertz CT molecular complexity index is 417. The van der Waals surface area contributed by atoms with Crippen LogP contribution in [0.25, 0.3) is 0 Å². The van der Waals surface area contributed by atoms with Gasteiger partial charge < -0.3 is 10.4 Å². The van der Waals surface area contributed by atoms with E-state index in [2.05, 4.69) is 17.2 Å². The molecule has 1 heterocycles. The fourth-order valence-corrected chi connectivity index (χ4v) is 3.22. The van der Waals surface area contributed by atoms with Gasteiger partial charge in [-0.1, -0.05) is 24.7 Å². The molecule has 4 nitrogen and oxygen atoms in total. The monoisotopic (exact) mass is 254 g/mol. The van der Waals surface area contributed by atoms with Crippen LogP contribution in [0.2, 0.25) is 0 Å². The number of hydrogen-bond donors (Lipinski definition) is 2. The van der Waals surface area contributed by atoms with Crippen molar-refractivity contribution in [1.82, 2.24) is 4.98 Å². The van der Waals surface area contributed by atoms with Gasteiger partial charge in [-0.25, -0.2) is 9.78 Å². The molecule has 1 fully saturated rings. The second kappa shape index (κ2) is 5.04. The summed E-state index contributed by atoms with van der Waals surface area (Å²) in [5.74, 6) is 0.652. The lowest BCUT2D eigenvalue weighted by Crippen LogP contribution is -2.11. The molecule has 1 aromatic heterocycles. The minimum absolute atomic E-state index is 0.340. The largest absolute Gasteiger partial charge is 0.477 e. The van der Waals surface area contributed by atoms with Gasteiger partial charge in [0.15, 0.2) is 5.13 Å². The Balaban J connectivity index is 1.91. The molecule has 0 spiro atoms. The third kappa shape index (κ3) is 2.97. The Morgan fingerprint density at radius 2 is 2.35 bits per heavy atom. The maximum atomic E-state index is 10.9. The summed E-state index contributed by atoms with van der Waals surface area (Å²) in [4.78, 5) is 15.5. The molecule has 2 rings (SSSR count). The molecular formula is C12H18N2O2S. The van der Waals surface area contributed by atoms with Gasteiger partial charge in [0.25, 0.3) is 0 Å². The van der Waals surface area contributed by atoms with Crippen molar-refractivity contribution in [2.45, 2.75) is 33.1 Å². The van der Waals surface area contributed by atoms with Crippen molar-refractivity contribution in [1.29, 1.82) is 0 Å². The van der Waals surface area contributed by atoms with E-state index in [4.69, 9.17) is 5.11 Å². The van der Waals surface area contributed by atoms with Crippen molar-refractivity contribution >= 4 is 22.4 Å². The minimum Gasteiger partial charge on any atom is -0.477 e. The summed E-state index contributed by atoms with van der Waals surface area (Å²) in [6.07, 6.45) is 3.84. The lowest BCUT2D eigenvalue weighted by Gasteiger charge is -2.09. The van der Waals surface area contributed by atoms with E-state index in [0.717, 1.165) is 17.6 Å². The quantitative estimate of drug-likeness (QED) is 0.867. The van der Waals surface area contributed by atoms with E-state index < -0.39 is 5.97 Å². The van der Waals surface area contributed by atoms with E-state index >= 15 is 0 Å². The standard InChI is InChI=1S/C12H18N2O2S/c1-7-3-4-9(5-7)6-13-12-14-8(2)10(17-12)11(15)16/h7,9H,3-6H2,1-2H3,(H,13,14)(H,15,16). The van der Waals surface area contributed by atoms with E-state index in [0.29, 0.717) is 16.5 Å². The Labute approximate surface area is 105 Å². The van der Waals surface area contributed by atoms with Crippen LogP contribution in [0.4, 0.5) is 5.13 Å². The number of carbonyl (C=O) groups is 1. The summed E-state index contributed by atoms with van der Waals surface area (Å²) < 4.78 is 0. The highest BCUT2D eigenvalue weighted by Gasteiger charge is 2.21. The average Bonchev–Trinajstić information content (AvgIpc) is 2.82. The van der Waals surface area contributed by atoms with Crippen molar-refractivity contribution in [3.63, 3.8) is 0 Å². The molecule has 94 valence electrons. The summed E-state index contributed by atoms with van der Waals surface area (Å²) in [5, 5.41) is 12.9. The number of rotatable bonds is 4. The second-order valence-electron chi connectivity index (χ2n) is 4.90. The van der Waals surface area contributed by atoms with Gasteiger partial charge in [0.2, 0.25) is 0 Å². The van der Waals surface area contributed by atoms with Crippen LogP contribution in [0.1, 0.15) is 41.6 Å². The molecule has 1 aliphatic carbocycles. The molecule has 17 heavy (non-hydrogen) atoms. The maximum absolute atomic E-state index is 10.9. The Morgan fingerprint density at radius 1 is 1.59 bits per heavy atom. The molecule has 2 unspecified atom stereocenters. The molecule has 1 saturated carbocycles. The van der Waals surface area contributed by atoms with E-state index in [1.54, 1.807) is 6.92 Å². The smallest absolute Gasteiger partial charge is 0.347 e. The zero-order valence-corrected chi connectivity index (χ0v) is 11.0. The van der Waals surface area contributed by atoms with Crippen LogP contribution in [-0.4, -0.2) is 22.6 Å². The van der Waals surface area contributed by atoms with Crippen molar-refractivity contribution < 1.29 is 9.90 Å². The highest BCUT2D eigenvalue weighted by atomic mass is 32.1. The third-order valence-corrected chi connectivity index (χ3v) is 4.44. The summed E-state index contributed by atoms with van der Waals surface area (Å²) in [5.41, 5.74) is 0.602. The van der Waals surface area contributed by atoms with E-state index in [-0.39, 0.29) is 0 Å². The maximum Gasteiger partial charge on any atom is 0.347 e. The topological polar surface area (TPSA) is 62.2 Å². The van der Waals surface area contributed by atoms with Gasteiger partial charge in [-0.05, 0) is 31.6 Å². The Hall–Kier alpha value is -1.10. The first-order chi connectivity index (χ1) is 8.06. The number of carboxylic acids is 1. The van der Waals surface area contributed by atoms with E-state index in [9.17, 15) is 4.79 Å². The van der Waals surface area contributed by atoms with E-state index in [1.165, 1.54) is 30.6 Å². The zero-order valence-electron chi connectivity index (χ0n) is 10.2. The highest BCUT2D eigenvalue weighted by molar-refractivity contribution is 7.17. The fourth-order valence-electron chi connectivity index (χ4n) is 2.41. The summed E-state index contributed by atoms with van der Waals surface area (Å²) >= 11 is 1.23. The number of anilines is 1. The predicted octanol–water partition coefficient (Wildman–Crippen LogP) is 3.00. The van der Waals surface area contributed by atoms with Crippen LogP contribution < -0.4 is 5.32 Å². The third-order valence-electron chi connectivity index (χ3n) is 3.34. The number of aryl methyl sites for hydroxylation is 1. The van der Waals surface area contributed by atoms with Crippen LogP contribution in [0.15, 0.2) is 0 Å². The molecule has 2 atom stereocenters. The minimum atomic E-state index is -0.887. The Kier molecular flexibility index (Phi) is 3.66. The number of aromatic carboxylic acids is 1. The molecule has 0 amide bonds. The van der Waals surface area contributed by atoms with Gasteiger partial charge in [0, 0.05) is 6.54 Å². The first-order valence-corrected chi connectivity index (χ1v) is 6.82. The molecular weight excluding hydrogens is 236 g/mol. The summed E-state index contributed by atoms with van der Waals surface area (Å²) in [6.45, 7) is 4.94. The number of thiazole rings is 1. The molecule has 1 aliphatic rings.